The number of hydrogen-bond acceptors (Lipinski definition) is 3. The summed E-state index contributed by atoms with van der Waals surface area (Å²) in [4.78, 5) is 7.87. The Morgan fingerprint density at radius 3 is 2.73 bits per heavy atom. The first kappa shape index (κ1) is 10.5. The second-order valence-electron chi connectivity index (χ2n) is 2.97. The minimum Gasteiger partial charge on any atom is -0.423 e. The van der Waals surface area contributed by atoms with Gasteiger partial charge in [0, 0.05) is 12.4 Å². The highest BCUT2D eigenvalue weighted by molar-refractivity contribution is 6.33. The van der Waals surface area contributed by atoms with Crippen LogP contribution in [0, 0.1) is 0 Å². The Balaban J connectivity index is 2.11. The molecule has 5 heteroatoms. The number of allylic oxidation sites excluding steroid dienone is 3. The van der Waals surface area contributed by atoms with Gasteiger partial charge in [-0.2, -0.15) is 0 Å². The molecule has 1 heterocycles. The third-order valence-corrected chi connectivity index (χ3v) is 2.45. The molecule has 0 spiro atoms. The van der Waals surface area contributed by atoms with Crippen molar-refractivity contribution >= 4 is 23.2 Å². The van der Waals surface area contributed by atoms with Crippen molar-refractivity contribution in [2.24, 2.45) is 0 Å². The van der Waals surface area contributed by atoms with Crippen LogP contribution < -0.4 is 4.74 Å². The number of halogens is 2. The molecule has 0 N–H and O–H groups in total. The lowest BCUT2D eigenvalue weighted by molar-refractivity contribution is 0.400. The van der Waals surface area contributed by atoms with E-state index in [1.165, 1.54) is 0 Å². The smallest absolute Gasteiger partial charge is 0.321 e. The van der Waals surface area contributed by atoms with Crippen molar-refractivity contribution in [3.05, 3.63) is 41.4 Å². The fourth-order valence-electron chi connectivity index (χ4n) is 1.15. The van der Waals surface area contributed by atoms with Crippen LogP contribution in [0.4, 0.5) is 0 Å². The number of rotatable bonds is 2. The number of aromatic nitrogens is 2. The first-order valence-electron chi connectivity index (χ1n) is 4.42. The highest BCUT2D eigenvalue weighted by atomic mass is 35.5. The third-order valence-electron chi connectivity index (χ3n) is 1.83. The molecule has 0 amide bonds. The summed E-state index contributed by atoms with van der Waals surface area (Å²) in [6.45, 7) is 0. The van der Waals surface area contributed by atoms with Gasteiger partial charge in [-0.25, -0.2) is 9.97 Å². The van der Waals surface area contributed by atoms with Gasteiger partial charge in [-0.3, -0.25) is 0 Å². The van der Waals surface area contributed by atoms with Crippen LogP contribution in [0.25, 0.3) is 0 Å². The zero-order valence-corrected chi connectivity index (χ0v) is 9.24. The predicted octanol–water partition coefficient (Wildman–Crippen LogP) is 2.87. The molecule has 1 aromatic heterocycles. The monoisotopic (exact) mass is 242 g/mol. The van der Waals surface area contributed by atoms with Gasteiger partial charge in [0.05, 0.1) is 10.4 Å². The first-order valence-corrected chi connectivity index (χ1v) is 5.24. The van der Waals surface area contributed by atoms with Gasteiger partial charge in [-0.1, -0.05) is 11.6 Å². The molecule has 1 atom stereocenters. The molecule has 0 fully saturated rings. The molecule has 0 saturated carbocycles. The summed E-state index contributed by atoms with van der Waals surface area (Å²) in [7, 11) is 0. The van der Waals surface area contributed by atoms with Crippen LogP contribution in [0.3, 0.4) is 0 Å². The Labute approximate surface area is 97.4 Å². The van der Waals surface area contributed by atoms with Crippen LogP contribution in [0.15, 0.2) is 41.4 Å². The molecule has 0 aromatic carbocycles. The summed E-state index contributed by atoms with van der Waals surface area (Å²) in [5, 5.41) is 0.426. The lowest BCUT2D eigenvalue weighted by Gasteiger charge is -2.13. The minimum atomic E-state index is -0.0680. The second-order valence-corrected chi connectivity index (χ2v) is 3.94. The predicted molar refractivity (Wildman–Crippen MR) is 58.9 cm³/mol. The molecule has 0 aliphatic heterocycles. The Morgan fingerprint density at radius 2 is 2.07 bits per heavy atom. The molecule has 0 radical (unpaired) electrons. The van der Waals surface area contributed by atoms with Crippen molar-refractivity contribution in [2.45, 2.75) is 11.8 Å². The second kappa shape index (κ2) is 4.64. The van der Waals surface area contributed by atoms with E-state index in [0.717, 1.165) is 0 Å². The number of ether oxygens (including phenoxy) is 1. The van der Waals surface area contributed by atoms with E-state index < -0.39 is 0 Å². The SMILES string of the molecule is ClC1=CC(Cl)CC=C1Oc1ncccn1. The highest BCUT2D eigenvalue weighted by Gasteiger charge is 2.14. The van der Waals surface area contributed by atoms with Crippen LogP contribution in [-0.2, 0) is 0 Å². The maximum Gasteiger partial charge on any atom is 0.321 e. The van der Waals surface area contributed by atoms with Crippen LogP contribution in [-0.4, -0.2) is 15.3 Å². The number of hydrogen-bond donors (Lipinski definition) is 0. The average molecular weight is 243 g/mol. The summed E-state index contributed by atoms with van der Waals surface area (Å²) in [6.07, 6.45) is 7.47. The summed E-state index contributed by atoms with van der Waals surface area (Å²) in [6, 6.07) is 2.00. The van der Waals surface area contributed by atoms with Crippen molar-refractivity contribution in [3.63, 3.8) is 0 Å². The van der Waals surface area contributed by atoms with Gasteiger partial charge in [0.1, 0.15) is 5.76 Å². The van der Waals surface area contributed by atoms with E-state index in [0.29, 0.717) is 17.2 Å². The highest BCUT2D eigenvalue weighted by Crippen LogP contribution is 2.26. The zero-order chi connectivity index (χ0) is 10.7. The van der Waals surface area contributed by atoms with Gasteiger partial charge < -0.3 is 4.74 Å². The largest absolute Gasteiger partial charge is 0.423 e. The summed E-state index contributed by atoms with van der Waals surface area (Å²) >= 11 is 11.8. The van der Waals surface area contributed by atoms with Crippen LogP contribution in [0.2, 0.25) is 0 Å². The Hall–Kier alpha value is -1.06. The Bertz CT molecular complexity index is 403. The van der Waals surface area contributed by atoms with E-state index in [1.807, 2.05) is 6.08 Å². The maximum absolute atomic E-state index is 5.96. The maximum atomic E-state index is 5.96. The van der Waals surface area contributed by atoms with Crippen molar-refractivity contribution in [1.82, 2.24) is 9.97 Å². The number of alkyl halides is 1. The summed E-state index contributed by atoms with van der Waals surface area (Å²) in [5.74, 6) is 0.555. The molecule has 2 rings (SSSR count). The molecule has 78 valence electrons. The van der Waals surface area contributed by atoms with Crippen LogP contribution in [0.5, 0.6) is 6.01 Å². The standard InChI is InChI=1S/C10H8Cl2N2O/c11-7-2-3-9(8(12)6-7)15-10-13-4-1-5-14-10/h1,3-7H,2H2. The van der Waals surface area contributed by atoms with Gasteiger partial charge in [-0.05, 0) is 24.6 Å². The van der Waals surface area contributed by atoms with Crippen molar-refractivity contribution < 1.29 is 4.74 Å². The fourth-order valence-corrected chi connectivity index (χ4v) is 1.70. The van der Waals surface area contributed by atoms with E-state index in [9.17, 15) is 0 Å². The zero-order valence-electron chi connectivity index (χ0n) is 7.73. The van der Waals surface area contributed by atoms with Gasteiger partial charge in [0.25, 0.3) is 0 Å². The molecule has 1 aliphatic carbocycles. The molecule has 15 heavy (non-hydrogen) atoms. The van der Waals surface area contributed by atoms with E-state index >= 15 is 0 Å². The van der Waals surface area contributed by atoms with E-state index in [-0.39, 0.29) is 11.4 Å². The van der Waals surface area contributed by atoms with Crippen molar-refractivity contribution in [3.8, 4) is 6.01 Å². The fraction of sp³-hybridized carbons (Fsp3) is 0.200. The molecule has 0 bridgehead atoms. The normalized spacial score (nSPS) is 20.5. The van der Waals surface area contributed by atoms with E-state index in [2.05, 4.69) is 9.97 Å². The first-order chi connectivity index (χ1) is 7.25. The number of nitrogens with zero attached hydrogens (tertiary/aromatic N) is 2. The average Bonchev–Trinajstić information content (AvgIpc) is 2.24. The molecular weight excluding hydrogens is 235 g/mol. The lowest BCUT2D eigenvalue weighted by Crippen LogP contribution is -2.06. The van der Waals surface area contributed by atoms with Crippen molar-refractivity contribution in [2.75, 3.05) is 0 Å². The molecule has 1 aliphatic rings. The van der Waals surface area contributed by atoms with Gasteiger partial charge >= 0.3 is 6.01 Å². The lowest BCUT2D eigenvalue weighted by atomic mass is 10.2. The molecule has 1 aromatic rings. The van der Waals surface area contributed by atoms with E-state index in [1.54, 1.807) is 24.5 Å². The Kier molecular flexibility index (Phi) is 3.23. The third kappa shape index (κ3) is 2.70. The molecular formula is C10H8Cl2N2O. The van der Waals surface area contributed by atoms with Crippen LogP contribution >= 0.6 is 23.2 Å². The summed E-state index contributed by atoms with van der Waals surface area (Å²) in [5.41, 5.74) is 0. The summed E-state index contributed by atoms with van der Waals surface area (Å²) < 4.78 is 5.40. The minimum absolute atomic E-state index is 0.0680. The van der Waals surface area contributed by atoms with Gasteiger partial charge in [-0.15, -0.1) is 11.6 Å². The molecule has 1 unspecified atom stereocenters. The molecule has 3 nitrogen and oxygen atoms in total. The van der Waals surface area contributed by atoms with Gasteiger partial charge in [0.15, 0.2) is 0 Å². The quantitative estimate of drug-likeness (QED) is 0.749. The van der Waals surface area contributed by atoms with Crippen molar-refractivity contribution in [1.29, 1.82) is 0 Å². The topological polar surface area (TPSA) is 35.0 Å². The molecule has 0 saturated heterocycles. The van der Waals surface area contributed by atoms with Gasteiger partial charge in [0.2, 0.25) is 0 Å². The van der Waals surface area contributed by atoms with Crippen LogP contribution in [0.1, 0.15) is 6.42 Å². The van der Waals surface area contributed by atoms with E-state index in [4.69, 9.17) is 27.9 Å². The Morgan fingerprint density at radius 1 is 1.33 bits per heavy atom.